The summed E-state index contributed by atoms with van der Waals surface area (Å²) in [5.41, 5.74) is 0. The van der Waals surface area contributed by atoms with Gasteiger partial charge < -0.3 is 18.5 Å². The van der Waals surface area contributed by atoms with E-state index in [1.807, 2.05) is 0 Å². The molecular formula is C24H50NO3P. The molecule has 1 aliphatic heterocycles. The lowest BCUT2D eigenvalue weighted by atomic mass is 10.0. The molecule has 0 radical (unpaired) electrons. The molecule has 1 aliphatic rings. The molecule has 2 atom stereocenters. The quantitative estimate of drug-likeness (QED) is 0.137. The fraction of sp³-hybridized carbons (Fsp3) is 1.00. The van der Waals surface area contributed by atoms with Gasteiger partial charge in [0.2, 0.25) is 0 Å². The summed E-state index contributed by atoms with van der Waals surface area (Å²) in [7, 11) is 2.67. The van der Waals surface area contributed by atoms with Crippen LogP contribution >= 0.6 is 8.60 Å². The molecule has 0 spiro atoms. The molecular weight excluding hydrogens is 381 g/mol. The Labute approximate surface area is 183 Å². The van der Waals surface area contributed by atoms with E-state index in [9.17, 15) is 0 Å². The maximum Gasteiger partial charge on any atom is 0.332 e. The highest BCUT2D eigenvalue weighted by atomic mass is 31.2. The first-order valence-electron chi connectivity index (χ1n) is 12.6. The van der Waals surface area contributed by atoms with Crippen LogP contribution in [0.1, 0.15) is 116 Å². The largest absolute Gasteiger partial charge is 0.332 e. The molecule has 29 heavy (non-hydrogen) atoms. The number of hydrogen-bond acceptors (Lipinski definition) is 4. The zero-order chi connectivity index (χ0) is 21.0. The predicted octanol–water partition coefficient (Wildman–Crippen LogP) is 7.86. The summed E-state index contributed by atoms with van der Waals surface area (Å²) in [5, 5.41) is 0. The molecule has 0 aromatic heterocycles. The van der Waals surface area contributed by atoms with Crippen molar-refractivity contribution < 1.29 is 13.6 Å². The molecule has 0 amide bonds. The van der Waals surface area contributed by atoms with E-state index >= 15 is 0 Å². The average Bonchev–Trinajstić information content (AvgIpc) is 3.14. The fourth-order valence-corrected chi connectivity index (χ4v) is 4.96. The zero-order valence-corrected chi connectivity index (χ0v) is 20.7. The summed E-state index contributed by atoms with van der Waals surface area (Å²) in [4.78, 5) is 2.30. The van der Waals surface area contributed by atoms with E-state index in [-0.39, 0.29) is 6.10 Å². The highest BCUT2D eigenvalue weighted by Crippen LogP contribution is 2.41. The Morgan fingerprint density at radius 2 is 1.24 bits per heavy atom. The summed E-state index contributed by atoms with van der Waals surface area (Å²) in [6, 6.07) is 0. The summed E-state index contributed by atoms with van der Waals surface area (Å²) in [6.07, 6.45) is 23.7. The molecule has 174 valence electrons. The second-order valence-electron chi connectivity index (χ2n) is 8.82. The Morgan fingerprint density at radius 3 is 1.66 bits per heavy atom. The van der Waals surface area contributed by atoms with Crippen LogP contribution in [0.15, 0.2) is 0 Å². The molecule has 0 aromatic rings. The Kier molecular flexibility index (Phi) is 19.0. The molecule has 0 N–H and O–H groups in total. The van der Waals surface area contributed by atoms with E-state index in [2.05, 4.69) is 18.9 Å². The maximum atomic E-state index is 5.94. The summed E-state index contributed by atoms with van der Waals surface area (Å²) in [6.45, 7) is 5.15. The van der Waals surface area contributed by atoms with E-state index in [1.165, 1.54) is 96.3 Å². The van der Waals surface area contributed by atoms with E-state index < -0.39 is 8.60 Å². The third kappa shape index (κ3) is 16.6. The van der Waals surface area contributed by atoms with Crippen molar-refractivity contribution in [2.75, 3.05) is 33.9 Å². The third-order valence-electron chi connectivity index (χ3n) is 5.93. The summed E-state index contributed by atoms with van der Waals surface area (Å²) >= 11 is 0. The van der Waals surface area contributed by atoms with Crippen LogP contribution in [0.4, 0.5) is 0 Å². The number of likely N-dealkylation sites (tertiary alicyclic amines) is 1. The first kappa shape index (κ1) is 27.3. The van der Waals surface area contributed by atoms with Gasteiger partial charge in [-0.3, -0.25) is 0 Å². The van der Waals surface area contributed by atoms with Gasteiger partial charge in [0.1, 0.15) is 0 Å². The van der Waals surface area contributed by atoms with Gasteiger partial charge in [0.25, 0.3) is 0 Å². The van der Waals surface area contributed by atoms with Crippen molar-refractivity contribution in [1.29, 1.82) is 0 Å². The SMILES string of the molecule is CCCCCCCCCCCCCCCCCCOP(OC)OC1CCN(C)C1. The molecule has 1 rings (SSSR count). The maximum absolute atomic E-state index is 5.94. The van der Waals surface area contributed by atoms with Crippen LogP contribution in [0.5, 0.6) is 0 Å². The fourth-order valence-electron chi connectivity index (χ4n) is 4.02. The topological polar surface area (TPSA) is 30.9 Å². The normalized spacial score (nSPS) is 18.5. The summed E-state index contributed by atoms with van der Waals surface area (Å²) in [5.74, 6) is 0. The van der Waals surface area contributed by atoms with Gasteiger partial charge in [-0.1, -0.05) is 103 Å². The lowest BCUT2D eigenvalue weighted by molar-refractivity contribution is 0.133. The number of unbranched alkanes of at least 4 members (excludes halogenated alkanes) is 15. The van der Waals surface area contributed by atoms with Crippen molar-refractivity contribution in [3.63, 3.8) is 0 Å². The van der Waals surface area contributed by atoms with Crippen molar-refractivity contribution in [2.24, 2.45) is 0 Å². The molecule has 2 unspecified atom stereocenters. The predicted molar refractivity (Wildman–Crippen MR) is 126 cm³/mol. The van der Waals surface area contributed by atoms with E-state index in [1.54, 1.807) is 7.11 Å². The molecule has 0 aliphatic carbocycles. The van der Waals surface area contributed by atoms with Crippen LogP contribution in [0.2, 0.25) is 0 Å². The second-order valence-corrected chi connectivity index (χ2v) is 10.1. The zero-order valence-electron chi connectivity index (χ0n) is 19.8. The monoisotopic (exact) mass is 431 g/mol. The molecule has 4 nitrogen and oxygen atoms in total. The van der Waals surface area contributed by atoms with Crippen molar-refractivity contribution in [1.82, 2.24) is 4.90 Å². The van der Waals surface area contributed by atoms with Gasteiger partial charge in [-0.2, -0.15) is 0 Å². The van der Waals surface area contributed by atoms with Gasteiger partial charge >= 0.3 is 8.60 Å². The van der Waals surface area contributed by atoms with E-state index in [4.69, 9.17) is 13.6 Å². The second kappa shape index (κ2) is 20.2. The van der Waals surface area contributed by atoms with Crippen LogP contribution in [0.25, 0.3) is 0 Å². The molecule has 1 heterocycles. The molecule has 0 bridgehead atoms. The lowest BCUT2D eigenvalue weighted by Crippen LogP contribution is -2.18. The summed E-state index contributed by atoms with van der Waals surface area (Å²) < 4.78 is 17.1. The van der Waals surface area contributed by atoms with Crippen LogP contribution < -0.4 is 0 Å². The van der Waals surface area contributed by atoms with Crippen molar-refractivity contribution in [3.8, 4) is 0 Å². The van der Waals surface area contributed by atoms with Crippen molar-refractivity contribution in [2.45, 2.75) is 122 Å². The minimum atomic E-state index is -1.16. The minimum absolute atomic E-state index is 0.275. The van der Waals surface area contributed by atoms with Gasteiger partial charge in [-0.25, -0.2) is 0 Å². The molecule has 1 fully saturated rings. The van der Waals surface area contributed by atoms with Crippen LogP contribution in [0.3, 0.4) is 0 Å². The van der Waals surface area contributed by atoms with Gasteiger partial charge in [0.05, 0.1) is 12.7 Å². The van der Waals surface area contributed by atoms with Crippen molar-refractivity contribution in [3.05, 3.63) is 0 Å². The highest BCUT2D eigenvalue weighted by molar-refractivity contribution is 7.41. The number of nitrogens with zero attached hydrogens (tertiary/aromatic N) is 1. The Hall–Kier alpha value is 0.270. The first-order chi connectivity index (χ1) is 14.3. The minimum Gasteiger partial charge on any atom is -0.316 e. The molecule has 5 heteroatoms. The number of hydrogen-bond donors (Lipinski definition) is 0. The average molecular weight is 432 g/mol. The van der Waals surface area contributed by atoms with Crippen LogP contribution in [-0.2, 0) is 13.6 Å². The Balaban J connectivity index is 1.76. The van der Waals surface area contributed by atoms with Crippen molar-refractivity contribution >= 4 is 8.60 Å². The van der Waals surface area contributed by atoms with E-state index in [0.717, 1.165) is 32.5 Å². The van der Waals surface area contributed by atoms with Gasteiger partial charge in [-0.15, -0.1) is 0 Å². The van der Waals surface area contributed by atoms with E-state index in [0.29, 0.717) is 0 Å². The Bertz CT molecular complexity index is 346. The lowest BCUT2D eigenvalue weighted by Gasteiger charge is -2.18. The van der Waals surface area contributed by atoms with Gasteiger partial charge in [-0.05, 0) is 19.9 Å². The Morgan fingerprint density at radius 1 is 0.759 bits per heavy atom. The van der Waals surface area contributed by atoms with Gasteiger partial charge in [0.15, 0.2) is 0 Å². The highest BCUT2D eigenvalue weighted by Gasteiger charge is 2.24. The molecule has 0 saturated carbocycles. The number of rotatable bonds is 21. The third-order valence-corrected chi connectivity index (χ3v) is 7.09. The molecule has 0 aromatic carbocycles. The standard InChI is InChI=1S/C24H50NO3P/c1-4-5-6-7-8-9-10-11-12-13-14-15-16-17-18-19-22-27-29(26-3)28-24-20-21-25(2)23-24/h24H,4-23H2,1-3H3. The molecule has 1 saturated heterocycles. The number of likely N-dealkylation sites (N-methyl/N-ethyl adjacent to an activating group) is 1. The van der Waals surface area contributed by atoms with Crippen LogP contribution in [-0.4, -0.2) is 44.9 Å². The smallest absolute Gasteiger partial charge is 0.316 e. The van der Waals surface area contributed by atoms with Crippen LogP contribution in [0, 0.1) is 0 Å². The van der Waals surface area contributed by atoms with Gasteiger partial charge in [0, 0.05) is 20.2 Å². The first-order valence-corrected chi connectivity index (χ1v) is 13.7.